The lowest BCUT2D eigenvalue weighted by Crippen LogP contribution is -2.23. The van der Waals surface area contributed by atoms with Gasteiger partial charge < -0.3 is 0 Å². The summed E-state index contributed by atoms with van der Waals surface area (Å²) in [7, 11) is 0. The molecule has 0 fully saturated rings. The number of aromatic amines is 1. The Morgan fingerprint density at radius 2 is 2.00 bits per heavy atom. The quantitative estimate of drug-likeness (QED) is 0.754. The van der Waals surface area contributed by atoms with E-state index in [9.17, 15) is 4.79 Å². The number of H-pyrrole nitrogens is 1. The Labute approximate surface area is 87.5 Å². The second-order valence-corrected chi connectivity index (χ2v) is 3.98. The van der Waals surface area contributed by atoms with E-state index in [1.54, 1.807) is 0 Å². The van der Waals surface area contributed by atoms with Gasteiger partial charge in [-0.05, 0) is 31.2 Å². The molecule has 2 rings (SSSR count). The van der Waals surface area contributed by atoms with Crippen molar-refractivity contribution >= 4 is 11.6 Å². The van der Waals surface area contributed by atoms with E-state index in [1.807, 2.05) is 0 Å². The fourth-order valence-corrected chi connectivity index (χ4v) is 2.20. The third-order valence-corrected chi connectivity index (χ3v) is 2.90. The Balaban J connectivity index is 2.48. The first-order valence-electron chi connectivity index (χ1n) is 4.98. The van der Waals surface area contributed by atoms with Gasteiger partial charge in [0.25, 0.3) is 5.56 Å². The van der Waals surface area contributed by atoms with Gasteiger partial charge in [-0.3, -0.25) is 4.79 Å². The summed E-state index contributed by atoms with van der Waals surface area (Å²) in [5, 5.41) is 6.61. The number of nitrogens with one attached hydrogen (secondary N) is 1. The largest absolute Gasteiger partial charge is 0.268 e. The minimum atomic E-state index is -0.0157. The lowest BCUT2D eigenvalue weighted by molar-refractivity contribution is 0.654. The summed E-state index contributed by atoms with van der Waals surface area (Å²) < 4.78 is 0. The Morgan fingerprint density at radius 3 is 2.71 bits per heavy atom. The van der Waals surface area contributed by atoms with Crippen LogP contribution in [0.4, 0.5) is 0 Å². The van der Waals surface area contributed by atoms with Gasteiger partial charge in [-0.1, -0.05) is 0 Å². The van der Waals surface area contributed by atoms with Gasteiger partial charge in [0.15, 0.2) is 0 Å². The lowest BCUT2D eigenvalue weighted by Gasteiger charge is -2.16. The average Bonchev–Trinajstić information content (AvgIpc) is 2.23. The van der Waals surface area contributed by atoms with Crippen LogP contribution in [0.3, 0.4) is 0 Å². The predicted octanol–water partition coefficient (Wildman–Crippen LogP) is 1.43. The van der Waals surface area contributed by atoms with Gasteiger partial charge in [0.1, 0.15) is 0 Å². The van der Waals surface area contributed by atoms with E-state index in [4.69, 9.17) is 11.6 Å². The van der Waals surface area contributed by atoms with Crippen molar-refractivity contribution in [3.8, 4) is 0 Å². The lowest BCUT2D eigenvalue weighted by atomic mass is 9.91. The minimum Gasteiger partial charge on any atom is -0.268 e. The van der Waals surface area contributed by atoms with Gasteiger partial charge in [0.05, 0.1) is 5.69 Å². The number of aromatic nitrogens is 2. The van der Waals surface area contributed by atoms with Crippen molar-refractivity contribution < 1.29 is 0 Å². The molecule has 0 amide bonds. The topological polar surface area (TPSA) is 45.8 Å². The highest BCUT2D eigenvalue weighted by atomic mass is 35.5. The van der Waals surface area contributed by atoms with Crippen molar-refractivity contribution in [2.24, 2.45) is 0 Å². The van der Waals surface area contributed by atoms with Crippen LogP contribution in [0.2, 0.25) is 0 Å². The number of halogens is 1. The van der Waals surface area contributed by atoms with Crippen molar-refractivity contribution in [2.75, 3.05) is 5.88 Å². The standard InChI is InChI=1S/C10H13ClN2O/c11-6-5-9-7-3-1-2-4-8(7)10(14)13-12-9/h1-6H2,(H,13,14). The highest BCUT2D eigenvalue weighted by Crippen LogP contribution is 2.20. The van der Waals surface area contributed by atoms with E-state index in [1.165, 1.54) is 0 Å². The number of nitrogens with zero attached hydrogens (tertiary/aromatic N) is 1. The van der Waals surface area contributed by atoms with Crippen LogP contribution < -0.4 is 5.56 Å². The first-order valence-corrected chi connectivity index (χ1v) is 5.51. The number of fused-ring (bicyclic) bond motifs is 1. The zero-order valence-corrected chi connectivity index (χ0v) is 8.73. The maximum absolute atomic E-state index is 11.5. The molecular weight excluding hydrogens is 200 g/mol. The molecule has 0 aliphatic heterocycles. The summed E-state index contributed by atoms with van der Waals surface area (Å²) in [5.41, 5.74) is 3.05. The van der Waals surface area contributed by atoms with E-state index in [0.717, 1.165) is 48.9 Å². The highest BCUT2D eigenvalue weighted by molar-refractivity contribution is 6.17. The molecule has 1 aromatic heterocycles. The first kappa shape index (κ1) is 9.71. The molecule has 4 heteroatoms. The van der Waals surface area contributed by atoms with Crippen LogP contribution in [0.1, 0.15) is 29.7 Å². The van der Waals surface area contributed by atoms with Gasteiger partial charge in [-0.25, -0.2) is 5.10 Å². The summed E-state index contributed by atoms with van der Waals surface area (Å²) in [5.74, 6) is 0.561. The van der Waals surface area contributed by atoms with Crippen molar-refractivity contribution in [1.82, 2.24) is 10.2 Å². The number of alkyl halides is 1. The van der Waals surface area contributed by atoms with Gasteiger partial charge in [-0.2, -0.15) is 5.10 Å². The molecule has 76 valence electrons. The zero-order valence-electron chi connectivity index (χ0n) is 7.98. The third-order valence-electron chi connectivity index (χ3n) is 2.71. The van der Waals surface area contributed by atoms with E-state index in [2.05, 4.69) is 10.2 Å². The molecule has 0 unspecified atom stereocenters. The van der Waals surface area contributed by atoms with Crippen LogP contribution in [-0.2, 0) is 19.3 Å². The number of rotatable bonds is 2. The van der Waals surface area contributed by atoms with Crippen LogP contribution in [0.5, 0.6) is 0 Å². The van der Waals surface area contributed by atoms with Crippen LogP contribution in [0, 0.1) is 0 Å². The molecule has 1 aliphatic carbocycles. The molecule has 0 saturated heterocycles. The van der Waals surface area contributed by atoms with Gasteiger partial charge in [-0.15, -0.1) is 11.6 Å². The fraction of sp³-hybridized carbons (Fsp3) is 0.600. The second-order valence-electron chi connectivity index (χ2n) is 3.60. The molecule has 3 nitrogen and oxygen atoms in total. The predicted molar refractivity (Wildman–Crippen MR) is 55.9 cm³/mol. The summed E-state index contributed by atoms with van der Waals surface area (Å²) in [6.45, 7) is 0. The fourth-order valence-electron chi connectivity index (χ4n) is 2.02. The van der Waals surface area contributed by atoms with Gasteiger partial charge in [0, 0.05) is 17.9 Å². The molecular formula is C10H13ClN2O. The van der Waals surface area contributed by atoms with E-state index in [0.29, 0.717) is 5.88 Å². The summed E-state index contributed by atoms with van der Waals surface area (Å²) in [6.07, 6.45) is 4.90. The van der Waals surface area contributed by atoms with Crippen LogP contribution in [0.25, 0.3) is 0 Å². The SMILES string of the molecule is O=c1[nH]nc(CCCl)c2c1CCCC2. The molecule has 1 heterocycles. The zero-order chi connectivity index (χ0) is 9.97. The van der Waals surface area contributed by atoms with Crippen LogP contribution in [-0.4, -0.2) is 16.1 Å². The monoisotopic (exact) mass is 212 g/mol. The Kier molecular flexibility index (Phi) is 2.87. The first-order chi connectivity index (χ1) is 6.83. The second kappa shape index (κ2) is 4.13. The van der Waals surface area contributed by atoms with E-state index < -0.39 is 0 Å². The number of aryl methyl sites for hydroxylation is 1. The smallest absolute Gasteiger partial charge is 0.267 e. The van der Waals surface area contributed by atoms with Crippen molar-refractivity contribution in [3.05, 3.63) is 27.2 Å². The molecule has 0 saturated carbocycles. The Hall–Kier alpha value is -0.830. The molecule has 1 N–H and O–H groups in total. The molecule has 0 radical (unpaired) electrons. The van der Waals surface area contributed by atoms with Crippen LogP contribution in [0.15, 0.2) is 4.79 Å². The van der Waals surface area contributed by atoms with E-state index >= 15 is 0 Å². The normalized spacial score (nSPS) is 15.2. The molecule has 0 spiro atoms. The summed E-state index contributed by atoms with van der Waals surface area (Å²) in [6, 6.07) is 0. The minimum absolute atomic E-state index is 0.0157. The average molecular weight is 213 g/mol. The van der Waals surface area contributed by atoms with Gasteiger partial charge in [0.2, 0.25) is 0 Å². The maximum atomic E-state index is 11.5. The Morgan fingerprint density at radius 1 is 1.29 bits per heavy atom. The Bertz CT molecular complexity index is 386. The van der Waals surface area contributed by atoms with Crippen LogP contribution >= 0.6 is 11.6 Å². The third kappa shape index (κ3) is 1.69. The summed E-state index contributed by atoms with van der Waals surface area (Å²) >= 11 is 5.69. The molecule has 1 aliphatic rings. The highest BCUT2D eigenvalue weighted by Gasteiger charge is 2.16. The molecule has 0 atom stereocenters. The number of hydrogen-bond acceptors (Lipinski definition) is 2. The summed E-state index contributed by atoms with van der Waals surface area (Å²) in [4.78, 5) is 11.5. The molecule has 1 aromatic rings. The van der Waals surface area contributed by atoms with Crippen molar-refractivity contribution in [1.29, 1.82) is 0 Å². The maximum Gasteiger partial charge on any atom is 0.267 e. The van der Waals surface area contributed by atoms with E-state index in [-0.39, 0.29) is 5.56 Å². The molecule has 0 bridgehead atoms. The molecule has 0 aromatic carbocycles. The number of hydrogen-bond donors (Lipinski definition) is 1. The van der Waals surface area contributed by atoms with Crippen molar-refractivity contribution in [2.45, 2.75) is 32.1 Å². The van der Waals surface area contributed by atoms with Gasteiger partial charge >= 0.3 is 0 Å². The van der Waals surface area contributed by atoms with Crippen molar-refractivity contribution in [3.63, 3.8) is 0 Å². The molecule has 14 heavy (non-hydrogen) atoms.